The molecule has 0 saturated carbocycles. The van der Waals surface area contributed by atoms with E-state index in [0.717, 1.165) is 12.8 Å². The maximum Gasteiger partial charge on any atom is 0.508 e. The third-order valence-electron chi connectivity index (χ3n) is 2.49. The van der Waals surface area contributed by atoms with Crippen molar-refractivity contribution in [1.29, 1.82) is 0 Å². The highest BCUT2D eigenvalue weighted by atomic mass is 16.8. The van der Waals surface area contributed by atoms with Crippen molar-refractivity contribution in [3.63, 3.8) is 0 Å². The highest BCUT2D eigenvalue weighted by Crippen LogP contribution is 2.21. The van der Waals surface area contributed by atoms with Gasteiger partial charge in [-0.3, -0.25) is 0 Å². The van der Waals surface area contributed by atoms with E-state index in [9.17, 15) is 4.79 Å². The van der Waals surface area contributed by atoms with Gasteiger partial charge in [-0.1, -0.05) is 32.6 Å². The molecule has 0 amide bonds. The summed E-state index contributed by atoms with van der Waals surface area (Å²) >= 11 is 0. The third-order valence-corrected chi connectivity index (χ3v) is 2.49. The quantitative estimate of drug-likeness (QED) is 0.373. The Morgan fingerprint density at radius 1 is 1.19 bits per heavy atom. The molecule has 4 heteroatoms. The van der Waals surface area contributed by atoms with Gasteiger partial charge in [-0.15, -0.1) is 0 Å². The van der Waals surface area contributed by atoms with Crippen molar-refractivity contribution in [1.82, 2.24) is 0 Å². The Labute approximate surface area is 97.9 Å². The van der Waals surface area contributed by atoms with Crippen LogP contribution in [0.3, 0.4) is 0 Å². The molecule has 96 valence electrons. The van der Waals surface area contributed by atoms with E-state index in [1.165, 1.54) is 19.3 Å². The number of hydrogen-bond donors (Lipinski definition) is 1. The average molecular weight is 232 g/mol. The minimum atomic E-state index is -1.27. The maximum atomic E-state index is 10.5. The van der Waals surface area contributed by atoms with Crippen molar-refractivity contribution in [2.45, 2.75) is 65.1 Å². The van der Waals surface area contributed by atoms with E-state index in [0.29, 0.717) is 13.0 Å². The molecule has 16 heavy (non-hydrogen) atoms. The minimum Gasteiger partial charge on any atom is -0.450 e. The number of ether oxygens (including phenoxy) is 2. The third kappa shape index (κ3) is 7.51. The fourth-order valence-electron chi connectivity index (χ4n) is 1.69. The lowest BCUT2D eigenvalue weighted by Gasteiger charge is -2.27. The summed E-state index contributed by atoms with van der Waals surface area (Å²) in [4.78, 5) is 10.5. The topological polar surface area (TPSA) is 55.8 Å². The molecule has 0 aromatic heterocycles. The van der Waals surface area contributed by atoms with Crippen molar-refractivity contribution < 1.29 is 19.4 Å². The first-order chi connectivity index (χ1) is 7.54. The van der Waals surface area contributed by atoms with Crippen LogP contribution in [-0.2, 0) is 9.47 Å². The van der Waals surface area contributed by atoms with Gasteiger partial charge in [0.05, 0.1) is 0 Å². The van der Waals surface area contributed by atoms with Gasteiger partial charge in [-0.25, -0.2) is 4.79 Å². The lowest BCUT2D eigenvalue weighted by atomic mass is 10.1. The molecule has 4 nitrogen and oxygen atoms in total. The summed E-state index contributed by atoms with van der Waals surface area (Å²) in [6.45, 7) is 6.14. The maximum absolute atomic E-state index is 10.5. The van der Waals surface area contributed by atoms with E-state index in [4.69, 9.17) is 14.6 Å². The predicted octanol–water partition coefficient (Wildman–Crippen LogP) is 3.79. The van der Waals surface area contributed by atoms with Crippen LogP contribution in [0.2, 0.25) is 0 Å². The van der Waals surface area contributed by atoms with Gasteiger partial charge in [-0.2, -0.15) is 0 Å². The Bertz CT molecular complexity index is 193. The molecule has 0 fully saturated rings. The monoisotopic (exact) mass is 232 g/mol. The summed E-state index contributed by atoms with van der Waals surface area (Å²) in [6, 6.07) is 0. The Kier molecular flexibility index (Phi) is 7.99. The predicted molar refractivity (Wildman–Crippen MR) is 62.5 cm³/mol. The number of carbonyl (C=O) groups is 1. The normalized spacial score (nSPS) is 14.4. The van der Waals surface area contributed by atoms with Crippen LogP contribution in [0.5, 0.6) is 0 Å². The molecule has 0 aromatic rings. The van der Waals surface area contributed by atoms with Crippen LogP contribution in [-0.4, -0.2) is 23.7 Å². The Morgan fingerprint density at radius 2 is 1.81 bits per heavy atom. The molecule has 1 unspecified atom stereocenters. The largest absolute Gasteiger partial charge is 0.508 e. The van der Waals surface area contributed by atoms with E-state index in [1.54, 1.807) is 6.92 Å². The van der Waals surface area contributed by atoms with Crippen LogP contribution in [0, 0.1) is 0 Å². The molecule has 0 bridgehead atoms. The Balaban J connectivity index is 3.87. The lowest BCUT2D eigenvalue weighted by Crippen LogP contribution is -2.34. The van der Waals surface area contributed by atoms with Crippen LogP contribution in [0.4, 0.5) is 4.79 Å². The second-order valence-electron chi connectivity index (χ2n) is 4.10. The van der Waals surface area contributed by atoms with Gasteiger partial charge in [-0.05, 0) is 13.3 Å². The fraction of sp³-hybridized carbons (Fsp3) is 0.917. The number of hydrogen-bond acceptors (Lipinski definition) is 3. The molecule has 0 heterocycles. The molecular weight excluding hydrogens is 208 g/mol. The van der Waals surface area contributed by atoms with Crippen LogP contribution < -0.4 is 0 Å². The first-order valence-electron chi connectivity index (χ1n) is 6.10. The summed E-state index contributed by atoms with van der Waals surface area (Å²) in [5, 5.41) is 8.61. The first kappa shape index (κ1) is 15.2. The van der Waals surface area contributed by atoms with E-state index in [-0.39, 0.29) is 0 Å². The summed E-state index contributed by atoms with van der Waals surface area (Å²) in [7, 11) is 0. The second-order valence-corrected chi connectivity index (χ2v) is 4.10. The van der Waals surface area contributed by atoms with Crippen molar-refractivity contribution in [3.05, 3.63) is 0 Å². The van der Waals surface area contributed by atoms with Gasteiger partial charge in [0, 0.05) is 20.0 Å². The molecule has 0 radical (unpaired) electrons. The molecule has 0 spiro atoms. The summed E-state index contributed by atoms with van der Waals surface area (Å²) in [5.41, 5.74) is 0. The zero-order valence-electron chi connectivity index (χ0n) is 10.6. The van der Waals surface area contributed by atoms with Crippen LogP contribution >= 0.6 is 0 Å². The molecule has 0 aromatic carbocycles. The van der Waals surface area contributed by atoms with Crippen LogP contribution in [0.15, 0.2) is 0 Å². The number of unbranched alkanes of at least 4 members (excludes halogenated alkanes) is 4. The Morgan fingerprint density at radius 3 is 2.31 bits per heavy atom. The van der Waals surface area contributed by atoms with Crippen LogP contribution in [0.1, 0.15) is 59.3 Å². The molecular formula is C12H24O4. The van der Waals surface area contributed by atoms with Gasteiger partial charge >= 0.3 is 6.16 Å². The zero-order valence-corrected chi connectivity index (χ0v) is 10.6. The summed E-state index contributed by atoms with van der Waals surface area (Å²) < 4.78 is 10.1. The van der Waals surface area contributed by atoms with E-state index < -0.39 is 11.9 Å². The lowest BCUT2D eigenvalue weighted by molar-refractivity contribution is -0.200. The SMILES string of the molecule is CCCCCCCC(C)(OCC)OC(=O)O. The van der Waals surface area contributed by atoms with Crippen molar-refractivity contribution in [2.24, 2.45) is 0 Å². The highest BCUT2D eigenvalue weighted by molar-refractivity contribution is 5.57. The zero-order chi connectivity index (χ0) is 12.4. The average Bonchev–Trinajstić information content (AvgIpc) is 2.16. The number of rotatable bonds is 9. The smallest absolute Gasteiger partial charge is 0.450 e. The van der Waals surface area contributed by atoms with Gasteiger partial charge < -0.3 is 14.6 Å². The van der Waals surface area contributed by atoms with Gasteiger partial charge in [0.15, 0.2) is 0 Å². The first-order valence-corrected chi connectivity index (χ1v) is 6.10. The standard InChI is InChI=1S/C12H24O4/c1-4-6-7-8-9-10-12(3,15-5-2)16-11(13)14/h4-10H2,1-3H3,(H,13,14). The molecule has 0 saturated heterocycles. The second kappa shape index (κ2) is 8.39. The molecule has 0 aliphatic carbocycles. The van der Waals surface area contributed by atoms with Crippen molar-refractivity contribution in [2.75, 3.05) is 6.61 Å². The van der Waals surface area contributed by atoms with Gasteiger partial charge in [0.2, 0.25) is 5.79 Å². The molecule has 0 aliphatic rings. The van der Waals surface area contributed by atoms with Crippen LogP contribution in [0.25, 0.3) is 0 Å². The van der Waals surface area contributed by atoms with E-state index >= 15 is 0 Å². The molecule has 1 atom stereocenters. The molecule has 1 N–H and O–H groups in total. The summed E-state index contributed by atoms with van der Waals surface area (Å²) in [5.74, 6) is -0.979. The van der Waals surface area contributed by atoms with E-state index in [1.807, 2.05) is 6.92 Å². The van der Waals surface area contributed by atoms with Crippen molar-refractivity contribution in [3.8, 4) is 0 Å². The number of carboxylic acid groups (broad SMARTS) is 1. The molecule has 0 aliphatic heterocycles. The highest BCUT2D eigenvalue weighted by Gasteiger charge is 2.28. The van der Waals surface area contributed by atoms with Gasteiger partial charge in [0.1, 0.15) is 0 Å². The Hall–Kier alpha value is -0.770. The van der Waals surface area contributed by atoms with Gasteiger partial charge in [0.25, 0.3) is 0 Å². The fourth-order valence-corrected chi connectivity index (χ4v) is 1.69. The summed E-state index contributed by atoms with van der Waals surface area (Å²) in [6.07, 6.45) is 5.00. The molecule has 0 rings (SSSR count). The van der Waals surface area contributed by atoms with Crippen molar-refractivity contribution >= 4 is 6.16 Å². The minimum absolute atomic E-state index is 0.457. The van der Waals surface area contributed by atoms with E-state index in [2.05, 4.69) is 6.92 Å².